The summed E-state index contributed by atoms with van der Waals surface area (Å²) >= 11 is 5.91. The van der Waals surface area contributed by atoms with Crippen molar-refractivity contribution in [1.82, 2.24) is 9.80 Å². The van der Waals surface area contributed by atoms with Crippen LogP contribution in [0.2, 0.25) is 5.02 Å². The molecule has 120 valence electrons. The summed E-state index contributed by atoms with van der Waals surface area (Å²) in [4.78, 5) is 27.4. The molecule has 1 aliphatic heterocycles. The quantitative estimate of drug-likeness (QED) is 0.856. The summed E-state index contributed by atoms with van der Waals surface area (Å²) in [6.07, 6.45) is 0.206. The van der Waals surface area contributed by atoms with E-state index in [2.05, 4.69) is 0 Å². The van der Waals surface area contributed by atoms with Gasteiger partial charge in [0.05, 0.1) is 0 Å². The van der Waals surface area contributed by atoms with Gasteiger partial charge in [-0.25, -0.2) is 0 Å². The van der Waals surface area contributed by atoms with E-state index in [1.54, 1.807) is 47.9 Å². The summed E-state index contributed by atoms with van der Waals surface area (Å²) in [5.41, 5.74) is 0. The Hall–Kier alpha value is -1.75. The Balaban J connectivity index is 1.94. The molecular formula is C16H21ClN2O3. The highest BCUT2D eigenvalue weighted by Gasteiger charge is 2.25. The van der Waals surface area contributed by atoms with Crippen molar-refractivity contribution in [2.75, 3.05) is 26.2 Å². The van der Waals surface area contributed by atoms with E-state index in [1.165, 1.54) is 0 Å². The van der Waals surface area contributed by atoms with Crippen molar-refractivity contribution in [3.63, 3.8) is 0 Å². The maximum Gasteiger partial charge on any atom is 0.263 e. The lowest BCUT2D eigenvalue weighted by atomic mass is 10.3. The third-order valence-corrected chi connectivity index (χ3v) is 3.94. The van der Waals surface area contributed by atoms with Crippen molar-refractivity contribution in [1.29, 1.82) is 0 Å². The van der Waals surface area contributed by atoms with Gasteiger partial charge >= 0.3 is 0 Å². The largest absolute Gasteiger partial charge is 0.481 e. The number of amides is 2. The first-order valence-corrected chi connectivity index (χ1v) is 7.81. The first-order valence-electron chi connectivity index (χ1n) is 7.44. The van der Waals surface area contributed by atoms with Crippen LogP contribution < -0.4 is 4.74 Å². The fourth-order valence-electron chi connectivity index (χ4n) is 2.50. The minimum atomic E-state index is -0.581. The summed E-state index contributed by atoms with van der Waals surface area (Å²) in [5, 5.41) is 0.573. The Labute approximate surface area is 135 Å². The minimum Gasteiger partial charge on any atom is -0.481 e. The fourth-order valence-corrected chi connectivity index (χ4v) is 2.68. The number of carbonyl (C=O) groups excluding carboxylic acids is 2. The highest BCUT2D eigenvalue weighted by molar-refractivity contribution is 6.30. The maximum absolute atomic E-state index is 12.5. The average molecular weight is 325 g/mol. The Bertz CT molecular complexity index is 550. The number of hydrogen-bond donors (Lipinski definition) is 0. The molecular weight excluding hydrogens is 304 g/mol. The second kappa shape index (κ2) is 7.49. The van der Waals surface area contributed by atoms with Crippen LogP contribution >= 0.6 is 11.6 Å². The zero-order chi connectivity index (χ0) is 16.1. The van der Waals surface area contributed by atoms with Crippen LogP contribution in [-0.4, -0.2) is 53.9 Å². The number of rotatable bonds is 3. The number of ether oxygens (including phenoxy) is 1. The summed E-state index contributed by atoms with van der Waals surface area (Å²) in [5.74, 6) is 0.566. The van der Waals surface area contributed by atoms with E-state index in [1.807, 2.05) is 0 Å². The second-order valence-corrected chi connectivity index (χ2v) is 5.84. The van der Waals surface area contributed by atoms with Gasteiger partial charge in [-0.05, 0) is 31.5 Å². The van der Waals surface area contributed by atoms with E-state index in [0.29, 0.717) is 37.0 Å². The molecule has 5 nitrogen and oxygen atoms in total. The highest BCUT2D eigenvalue weighted by Crippen LogP contribution is 2.19. The Morgan fingerprint density at radius 3 is 2.55 bits per heavy atom. The van der Waals surface area contributed by atoms with E-state index in [4.69, 9.17) is 16.3 Å². The molecule has 1 aliphatic rings. The van der Waals surface area contributed by atoms with E-state index >= 15 is 0 Å². The molecule has 1 fully saturated rings. The molecule has 22 heavy (non-hydrogen) atoms. The highest BCUT2D eigenvalue weighted by atomic mass is 35.5. The van der Waals surface area contributed by atoms with Crippen molar-refractivity contribution in [3.05, 3.63) is 29.3 Å². The third-order valence-electron chi connectivity index (χ3n) is 3.71. The number of carbonyl (C=O) groups is 2. The molecule has 0 saturated carbocycles. The monoisotopic (exact) mass is 324 g/mol. The van der Waals surface area contributed by atoms with Crippen molar-refractivity contribution in [2.24, 2.45) is 0 Å². The summed E-state index contributed by atoms with van der Waals surface area (Å²) in [6, 6.07) is 7.00. The fraction of sp³-hybridized carbons (Fsp3) is 0.500. The van der Waals surface area contributed by atoms with Gasteiger partial charge in [0.1, 0.15) is 5.75 Å². The van der Waals surface area contributed by atoms with Crippen LogP contribution in [0, 0.1) is 0 Å². The van der Waals surface area contributed by atoms with Crippen LogP contribution in [0.25, 0.3) is 0 Å². The zero-order valence-corrected chi connectivity index (χ0v) is 13.7. The molecule has 0 N–H and O–H groups in total. The second-order valence-electron chi connectivity index (χ2n) is 5.40. The molecule has 1 saturated heterocycles. The van der Waals surface area contributed by atoms with Crippen LogP contribution in [0.15, 0.2) is 24.3 Å². The number of hydrogen-bond acceptors (Lipinski definition) is 3. The lowest BCUT2D eigenvalue weighted by molar-refractivity contribution is -0.138. The van der Waals surface area contributed by atoms with E-state index in [0.717, 1.165) is 6.42 Å². The van der Waals surface area contributed by atoms with Crippen molar-refractivity contribution in [2.45, 2.75) is 26.4 Å². The molecule has 6 heteroatoms. The normalized spacial score (nSPS) is 16.9. The molecule has 1 aromatic carbocycles. The summed E-state index contributed by atoms with van der Waals surface area (Å²) in [7, 11) is 0. The number of benzene rings is 1. The van der Waals surface area contributed by atoms with Gasteiger partial charge in [-0.2, -0.15) is 0 Å². The third kappa shape index (κ3) is 4.37. The molecule has 0 bridgehead atoms. The molecule has 1 unspecified atom stereocenters. The topological polar surface area (TPSA) is 49.9 Å². The molecule has 0 aromatic heterocycles. The zero-order valence-electron chi connectivity index (χ0n) is 12.9. The molecule has 0 aliphatic carbocycles. The van der Waals surface area contributed by atoms with E-state index in [9.17, 15) is 9.59 Å². The first-order chi connectivity index (χ1) is 10.5. The molecule has 2 rings (SSSR count). The molecule has 2 amide bonds. The van der Waals surface area contributed by atoms with Crippen molar-refractivity contribution in [3.8, 4) is 5.75 Å². The number of nitrogens with zero attached hydrogens (tertiary/aromatic N) is 2. The van der Waals surface area contributed by atoms with Gasteiger partial charge in [0.25, 0.3) is 5.91 Å². The molecule has 1 atom stereocenters. The molecule has 0 radical (unpaired) electrons. The van der Waals surface area contributed by atoms with Crippen LogP contribution in [-0.2, 0) is 9.59 Å². The standard InChI is InChI=1S/C16H21ClN2O3/c1-12(22-15-6-3-5-14(17)11-15)16(21)19-8-4-7-18(9-10-19)13(2)20/h3,5-6,11-12H,4,7-10H2,1-2H3. The lowest BCUT2D eigenvalue weighted by Crippen LogP contribution is -2.42. The van der Waals surface area contributed by atoms with E-state index in [-0.39, 0.29) is 11.8 Å². The van der Waals surface area contributed by atoms with Crippen molar-refractivity contribution >= 4 is 23.4 Å². The summed E-state index contributed by atoms with van der Waals surface area (Å²) < 4.78 is 5.67. The van der Waals surface area contributed by atoms with Gasteiger partial charge in [0.15, 0.2) is 6.10 Å². The predicted molar refractivity (Wildman–Crippen MR) is 85.0 cm³/mol. The molecule has 1 heterocycles. The van der Waals surface area contributed by atoms with Gasteiger partial charge in [0, 0.05) is 38.1 Å². The minimum absolute atomic E-state index is 0.0533. The lowest BCUT2D eigenvalue weighted by Gasteiger charge is -2.25. The van der Waals surface area contributed by atoms with E-state index < -0.39 is 6.10 Å². The van der Waals surface area contributed by atoms with Gasteiger partial charge in [-0.15, -0.1) is 0 Å². The smallest absolute Gasteiger partial charge is 0.263 e. The number of halogens is 1. The van der Waals surface area contributed by atoms with Gasteiger partial charge < -0.3 is 14.5 Å². The Morgan fingerprint density at radius 1 is 1.18 bits per heavy atom. The van der Waals surface area contributed by atoms with Crippen LogP contribution in [0.5, 0.6) is 5.75 Å². The average Bonchev–Trinajstić information content (AvgIpc) is 2.72. The van der Waals surface area contributed by atoms with Gasteiger partial charge in [-0.3, -0.25) is 9.59 Å². The van der Waals surface area contributed by atoms with Gasteiger partial charge in [-0.1, -0.05) is 17.7 Å². The summed E-state index contributed by atoms with van der Waals surface area (Å²) in [6.45, 7) is 5.75. The Morgan fingerprint density at radius 2 is 1.86 bits per heavy atom. The predicted octanol–water partition coefficient (Wildman–Crippen LogP) is 2.19. The van der Waals surface area contributed by atoms with Gasteiger partial charge in [0.2, 0.25) is 5.91 Å². The Kier molecular flexibility index (Phi) is 5.66. The SMILES string of the molecule is CC(=O)N1CCCN(C(=O)C(C)Oc2cccc(Cl)c2)CC1. The maximum atomic E-state index is 12.5. The first kappa shape index (κ1) is 16.6. The van der Waals surface area contributed by atoms with Crippen LogP contribution in [0.3, 0.4) is 0 Å². The molecule has 0 spiro atoms. The molecule has 1 aromatic rings. The van der Waals surface area contributed by atoms with Crippen LogP contribution in [0.4, 0.5) is 0 Å². The van der Waals surface area contributed by atoms with Crippen molar-refractivity contribution < 1.29 is 14.3 Å². The van der Waals surface area contributed by atoms with Crippen LogP contribution in [0.1, 0.15) is 20.3 Å².